The van der Waals surface area contributed by atoms with E-state index >= 15 is 0 Å². The van der Waals surface area contributed by atoms with Crippen LogP contribution >= 0.6 is 0 Å². The molecule has 1 heterocycles. The number of amides is 1. The molecule has 1 aliphatic heterocycles. The second-order valence-corrected chi connectivity index (χ2v) is 8.47. The summed E-state index contributed by atoms with van der Waals surface area (Å²) in [7, 11) is -1.64. The van der Waals surface area contributed by atoms with Crippen molar-refractivity contribution >= 4 is 27.6 Å². The largest absolute Gasteiger partial charge is 0.478 e. The summed E-state index contributed by atoms with van der Waals surface area (Å²) < 4.78 is 26.9. The lowest BCUT2D eigenvalue weighted by Crippen LogP contribution is -2.46. The molecular formula is C19H21N3O5S. The van der Waals surface area contributed by atoms with Gasteiger partial charge in [-0.05, 0) is 43.4 Å². The van der Waals surface area contributed by atoms with E-state index in [9.17, 15) is 23.1 Å². The van der Waals surface area contributed by atoms with E-state index in [1.165, 1.54) is 46.8 Å². The lowest BCUT2D eigenvalue weighted by Gasteiger charge is -2.31. The summed E-state index contributed by atoms with van der Waals surface area (Å²) in [6, 6.07) is 11.7. The third-order valence-electron chi connectivity index (χ3n) is 4.61. The van der Waals surface area contributed by atoms with E-state index in [-0.39, 0.29) is 16.0 Å². The summed E-state index contributed by atoms with van der Waals surface area (Å²) in [5, 5.41) is 11.8. The molecule has 0 aliphatic carbocycles. The van der Waals surface area contributed by atoms with E-state index in [0.717, 1.165) is 0 Å². The fourth-order valence-corrected chi connectivity index (χ4v) is 4.38. The molecule has 0 spiro atoms. The number of likely N-dealkylation sites (N-methyl/N-ethyl adjacent to an activating group) is 1. The first-order chi connectivity index (χ1) is 13.3. The number of carboxylic acids is 1. The maximum Gasteiger partial charge on any atom is 0.336 e. The highest BCUT2D eigenvalue weighted by Crippen LogP contribution is 2.20. The standard InChI is InChI=1S/C19H21N3O5S/c1-21-10-12-22(13-11-21)28(26,27)15-8-6-14(7-9-15)20-18(23)16-4-2-3-5-17(16)19(24)25/h2-9H,10-13H2,1H3,(H,20,23)(H,24,25). The molecule has 1 fully saturated rings. The molecule has 0 saturated carbocycles. The number of sulfonamides is 1. The molecule has 3 rings (SSSR count). The molecule has 1 saturated heterocycles. The minimum absolute atomic E-state index is 0.0316. The zero-order valence-corrected chi connectivity index (χ0v) is 16.1. The number of hydrogen-bond donors (Lipinski definition) is 2. The van der Waals surface area contributed by atoms with Gasteiger partial charge in [-0.3, -0.25) is 4.79 Å². The lowest BCUT2D eigenvalue weighted by atomic mass is 10.1. The Hall–Kier alpha value is -2.75. The van der Waals surface area contributed by atoms with Crippen LogP contribution in [-0.2, 0) is 10.0 Å². The molecule has 148 valence electrons. The van der Waals surface area contributed by atoms with Crippen molar-refractivity contribution < 1.29 is 23.1 Å². The van der Waals surface area contributed by atoms with E-state index in [1.807, 2.05) is 7.05 Å². The topological polar surface area (TPSA) is 107 Å². The number of aromatic carboxylic acids is 1. The van der Waals surface area contributed by atoms with Crippen molar-refractivity contribution in [3.05, 3.63) is 59.7 Å². The maximum atomic E-state index is 12.7. The predicted molar refractivity (Wildman–Crippen MR) is 104 cm³/mol. The normalized spacial score (nSPS) is 15.9. The molecule has 0 atom stereocenters. The Morgan fingerprint density at radius 2 is 1.50 bits per heavy atom. The quantitative estimate of drug-likeness (QED) is 0.785. The highest BCUT2D eigenvalue weighted by atomic mass is 32.2. The lowest BCUT2D eigenvalue weighted by molar-refractivity contribution is 0.0692. The number of nitrogens with zero attached hydrogens (tertiary/aromatic N) is 2. The Morgan fingerprint density at radius 1 is 0.929 bits per heavy atom. The van der Waals surface area contributed by atoms with Gasteiger partial charge in [0.05, 0.1) is 16.0 Å². The van der Waals surface area contributed by atoms with Crippen LogP contribution < -0.4 is 5.32 Å². The van der Waals surface area contributed by atoms with Gasteiger partial charge in [0.25, 0.3) is 5.91 Å². The monoisotopic (exact) mass is 403 g/mol. The summed E-state index contributed by atoms with van der Waals surface area (Å²) in [4.78, 5) is 25.9. The van der Waals surface area contributed by atoms with Gasteiger partial charge in [-0.1, -0.05) is 12.1 Å². The van der Waals surface area contributed by atoms with E-state index in [4.69, 9.17) is 0 Å². The van der Waals surface area contributed by atoms with Crippen LogP contribution in [0.15, 0.2) is 53.4 Å². The van der Waals surface area contributed by atoms with Gasteiger partial charge in [0.2, 0.25) is 10.0 Å². The van der Waals surface area contributed by atoms with Gasteiger partial charge in [-0.15, -0.1) is 0 Å². The summed E-state index contributed by atoms with van der Waals surface area (Å²) >= 11 is 0. The van der Waals surface area contributed by atoms with Crippen LogP contribution in [0.25, 0.3) is 0 Å². The summed E-state index contributed by atoms with van der Waals surface area (Å²) in [5.74, 6) is -1.77. The summed E-state index contributed by atoms with van der Waals surface area (Å²) in [6.07, 6.45) is 0. The van der Waals surface area contributed by atoms with Gasteiger partial charge < -0.3 is 15.3 Å². The van der Waals surface area contributed by atoms with Gasteiger partial charge in [0.15, 0.2) is 0 Å². The van der Waals surface area contributed by atoms with E-state index < -0.39 is 21.9 Å². The Bertz CT molecular complexity index is 981. The number of nitrogens with one attached hydrogen (secondary N) is 1. The van der Waals surface area contributed by atoms with Crippen LogP contribution in [0.5, 0.6) is 0 Å². The molecule has 28 heavy (non-hydrogen) atoms. The molecule has 2 aromatic carbocycles. The van der Waals surface area contributed by atoms with Crippen LogP contribution in [-0.4, -0.2) is 67.8 Å². The van der Waals surface area contributed by atoms with E-state index in [2.05, 4.69) is 10.2 Å². The van der Waals surface area contributed by atoms with Gasteiger partial charge in [-0.2, -0.15) is 4.31 Å². The van der Waals surface area contributed by atoms with Gasteiger partial charge in [0, 0.05) is 31.9 Å². The molecule has 2 aromatic rings. The zero-order chi connectivity index (χ0) is 20.3. The van der Waals surface area contributed by atoms with Crippen molar-refractivity contribution in [3.63, 3.8) is 0 Å². The molecule has 0 radical (unpaired) electrons. The second-order valence-electron chi connectivity index (χ2n) is 6.54. The molecule has 9 heteroatoms. The van der Waals surface area contributed by atoms with Crippen LogP contribution in [0.4, 0.5) is 5.69 Å². The maximum absolute atomic E-state index is 12.7. The molecule has 1 amide bonds. The van der Waals surface area contributed by atoms with Gasteiger partial charge >= 0.3 is 5.97 Å². The van der Waals surface area contributed by atoms with E-state index in [1.54, 1.807) is 6.07 Å². The molecule has 1 aliphatic rings. The fourth-order valence-electron chi connectivity index (χ4n) is 2.95. The van der Waals surface area contributed by atoms with Crippen molar-refractivity contribution in [3.8, 4) is 0 Å². The van der Waals surface area contributed by atoms with Crippen molar-refractivity contribution in [2.24, 2.45) is 0 Å². The number of carbonyl (C=O) groups is 2. The Morgan fingerprint density at radius 3 is 2.07 bits per heavy atom. The second kappa shape index (κ2) is 8.09. The average molecular weight is 403 g/mol. The summed E-state index contributed by atoms with van der Waals surface area (Å²) in [5.41, 5.74) is 0.306. The first kappa shape index (κ1) is 20.0. The van der Waals surface area contributed by atoms with Crippen LogP contribution in [0, 0.1) is 0 Å². The van der Waals surface area contributed by atoms with Crippen LogP contribution in [0.3, 0.4) is 0 Å². The number of carbonyl (C=O) groups excluding carboxylic acids is 1. The van der Waals surface area contributed by atoms with Crippen LogP contribution in [0.1, 0.15) is 20.7 Å². The molecule has 8 nitrogen and oxygen atoms in total. The third-order valence-corrected chi connectivity index (χ3v) is 6.53. The Labute approximate surface area is 163 Å². The first-order valence-corrected chi connectivity index (χ1v) is 10.2. The number of rotatable bonds is 5. The Kier molecular flexibility index (Phi) is 5.78. The number of piperazine rings is 1. The third kappa shape index (κ3) is 4.22. The van der Waals surface area contributed by atoms with Crippen molar-refractivity contribution in [2.75, 3.05) is 38.5 Å². The summed E-state index contributed by atoms with van der Waals surface area (Å²) in [6.45, 7) is 2.22. The molecule has 0 aromatic heterocycles. The number of carboxylic acid groups (broad SMARTS) is 1. The number of anilines is 1. The molecular weight excluding hydrogens is 382 g/mol. The molecule has 2 N–H and O–H groups in total. The van der Waals surface area contributed by atoms with Gasteiger partial charge in [0.1, 0.15) is 0 Å². The highest BCUT2D eigenvalue weighted by Gasteiger charge is 2.27. The number of hydrogen-bond acceptors (Lipinski definition) is 5. The Balaban J connectivity index is 1.75. The molecule has 0 unspecified atom stereocenters. The van der Waals surface area contributed by atoms with E-state index in [0.29, 0.717) is 31.9 Å². The minimum atomic E-state index is -3.58. The van der Waals surface area contributed by atoms with Crippen LogP contribution in [0.2, 0.25) is 0 Å². The van der Waals surface area contributed by atoms with Crippen molar-refractivity contribution in [1.29, 1.82) is 0 Å². The van der Waals surface area contributed by atoms with Gasteiger partial charge in [-0.25, -0.2) is 13.2 Å². The zero-order valence-electron chi connectivity index (χ0n) is 15.3. The van der Waals surface area contributed by atoms with Crippen molar-refractivity contribution in [2.45, 2.75) is 4.90 Å². The average Bonchev–Trinajstić information content (AvgIpc) is 2.68. The van der Waals surface area contributed by atoms with Crippen molar-refractivity contribution in [1.82, 2.24) is 9.21 Å². The SMILES string of the molecule is CN1CCN(S(=O)(=O)c2ccc(NC(=O)c3ccccc3C(=O)O)cc2)CC1. The number of benzene rings is 2. The smallest absolute Gasteiger partial charge is 0.336 e. The minimum Gasteiger partial charge on any atom is -0.478 e. The predicted octanol–water partition coefficient (Wildman–Crippen LogP) is 1.57. The fraction of sp³-hybridized carbons (Fsp3) is 0.263. The molecule has 0 bridgehead atoms. The first-order valence-electron chi connectivity index (χ1n) is 8.71. The highest BCUT2D eigenvalue weighted by molar-refractivity contribution is 7.89.